The van der Waals surface area contributed by atoms with Crippen LogP contribution in [0.25, 0.3) is 0 Å². The Morgan fingerprint density at radius 2 is 1.81 bits per heavy atom. The molecule has 0 aromatic heterocycles. The van der Waals surface area contributed by atoms with Crippen molar-refractivity contribution in [3.05, 3.63) is 63.7 Å². The number of ether oxygens (including phenoxy) is 1. The number of nitriles is 1. The monoisotopic (exact) mass is 384 g/mol. The zero-order valence-electron chi connectivity index (χ0n) is 15.1. The molecule has 27 heavy (non-hydrogen) atoms. The van der Waals surface area contributed by atoms with Crippen molar-refractivity contribution in [1.29, 1.82) is 5.26 Å². The topological polar surface area (TPSA) is 99.5 Å². The quantitative estimate of drug-likeness (QED) is 0.701. The lowest BCUT2D eigenvalue weighted by molar-refractivity contribution is -0.0710. The van der Waals surface area contributed by atoms with Gasteiger partial charge >= 0.3 is 0 Å². The van der Waals surface area contributed by atoms with E-state index in [0.29, 0.717) is 21.9 Å². The van der Waals surface area contributed by atoms with Gasteiger partial charge in [0.05, 0.1) is 23.8 Å². The van der Waals surface area contributed by atoms with Crippen LogP contribution in [-0.4, -0.2) is 28.0 Å². The van der Waals surface area contributed by atoms with Crippen molar-refractivity contribution in [1.82, 2.24) is 0 Å². The lowest BCUT2D eigenvalue weighted by Crippen LogP contribution is -2.51. The smallest absolute Gasteiger partial charge is 0.130 e. The SMILES string of the molecule is CC1(C)Oc2ccc(C#N)cc2[C@@H](C2c3ccc(Cl)cc3C(N)C2O)[C@@H]1O. The molecule has 2 aliphatic rings. The fourth-order valence-corrected chi connectivity index (χ4v) is 4.62. The Morgan fingerprint density at radius 3 is 2.52 bits per heavy atom. The van der Waals surface area contributed by atoms with Crippen LogP contribution >= 0.6 is 11.6 Å². The summed E-state index contributed by atoms with van der Waals surface area (Å²) in [6.07, 6.45) is -1.78. The van der Waals surface area contributed by atoms with E-state index in [9.17, 15) is 15.5 Å². The van der Waals surface area contributed by atoms with Crippen LogP contribution in [0.4, 0.5) is 0 Å². The summed E-state index contributed by atoms with van der Waals surface area (Å²) in [6.45, 7) is 3.63. The molecular formula is C21H21ClN2O3. The van der Waals surface area contributed by atoms with Crippen LogP contribution in [0.5, 0.6) is 5.75 Å². The van der Waals surface area contributed by atoms with E-state index in [4.69, 9.17) is 22.1 Å². The second-order valence-corrected chi connectivity index (χ2v) is 8.29. The van der Waals surface area contributed by atoms with E-state index in [1.54, 1.807) is 30.3 Å². The van der Waals surface area contributed by atoms with Crippen LogP contribution in [-0.2, 0) is 0 Å². The number of nitrogens with zero attached hydrogens (tertiary/aromatic N) is 1. The van der Waals surface area contributed by atoms with Crippen molar-refractivity contribution in [2.24, 2.45) is 5.73 Å². The average Bonchev–Trinajstić information content (AvgIpc) is 2.87. The number of hydrogen-bond acceptors (Lipinski definition) is 5. The first-order chi connectivity index (χ1) is 12.7. The highest BCUT2D eigenvalue weighted by Gasteiger charge is 2.52. The predicted octanol–water partition coefficient (Wildman–Crippen LogP) is 2.99. The van der Waals surface area contributed by atoms with Crippen LogP contribution in [0.1, 0.15) is 54.0 Å². The molecule has 4 N–H and O–H groups in total. The maximum absolute atomic E-state index is 11.2. The molecule has 1 aliphatic heterocycles. The number of benzene rings is 2. The highest BCUT2D eigenvalue weighted by Crippen LogP contribution is 2.54. The zero-order valence-corrected chi connectivity index (χ0v) is 15.8. The summed E-state index contributed by atoms with van der Waals surface area (Å²) in [5.74, 6) is -0.295. The molecule has 1 heterocycles. The summed E-state index contributed by atoms with van der Waals surface area (Å²) in [5.41, 5.74) is 8.25. The minimum atomic E-state index is -0.896. The Morgan fingerprint density at radius 1 is 1.07 bits per heavy atom. The summed E-state index contributed by atoms with van der Waals surface area (Å²) in [6, 6.07) is 12.1. The number of fused-ring (bicyclic) bond motifs is 2. The van der Waals surface area contributed by atoms with Crippen molar-refractivity contribution < 1.29 is 14.9 Å². The number of aliphatic hydroxyl groups is 2. The molecule has 5 atom stereocenters. The third kappa shape index (κ3) is 2.72. The van der Waals surface area contributed by atoms with Gasteiger partial charge in [-0.25, -0.2) is 0 Å². The largest absolute Gasteiger partial charge is 0.485 e. The van der Waals surface area contributed by atoms with E-state index < -0.39 is 35.7 Å². The molecule has 4 rings (SSSR count). The molecule has 6 heteroatoms. The minimum Gasteiger partial charge on any atom is -0.485 e. The normalized spacial score (nSPS) is 30.8. The van der Waals surface area contributed by atoms with E-state index in [1.807, 2.05) is 19.9 Å². The van der Waals surface area contributed by atoms with E-state index in [1.165, 1.54) is 0 Å². The first-order valence-corrected chi connectivity index (χ1v) is 9.26. The molecule has 0 fully saturated rings. The molecule has 0 saturated heterocycles. The maximum atomic E-state index is 11.2. The third-order valence-electron chi connectivity index (χ3n) is 5.81. The molecule has 1 aliphatic carbocycles. The number of hydrogen-bond donors (Lipinski definition) is 3. The first-order valence-electron chi connectivity index (χ1n) is 8.88. The van der Waals surface area contributed by atoms with E-state index in [-0.39, 0.29) is 0 Å². The van der Waals surface area contributed by atoms with Gasteiger partial charge in [-0.2, -0.15) is 5.26 Å². The van der Waals surface area contributed by atoms with Gasteiger partial charge in [-0.05, 0) is 55.3 Å². The second-order valence-electron chi connectivity index (χ2n) is 7.86. The fraction of sp³-hybridized carbons (Fsp3) is 0.381. The number of nitrogens with two attached hydrogens (primary N) is 1. The fourth-order valence-electron chi connectivity index (χ4n) is 4.44. The van der Waals surface area contributed by atoms with Gasteiger partial charge in [0.15, 0.2) is 0 Å². The Kier molecular flexibility index (Phi) is 4.21. The molecule has 0 spiro atoms. The van der Waals surface area contributed by atoms with Crippen molar-refractivity contribution in [3.8, 4) is 11.8 Å². The average molecular weight is 385 g/mol. The van der Waals surface area contributed by atoms with Crippen LogP contribution in [0, 0.1) is 11.3 Å². The van der Waals surface area contributed by atoms with Crippen molar-refractivity contribution >= 4 is 11.6 Å². The Hall–Kier alpha value is -2.10. The lowest BCUT2D eigenvalue weighted by Gasteiger charge is -2.45. The molecule has 5 nitrogen and oxygen atoms in total. The van der Waals surface area contributed by atoms with Gasteiger partial charge in [-0.15, -0.1) is 0 Å². The molecule has 0 radical (unpaired) electrons. The number of halogens is 1. The van der Waals surface area contributed by atoms with E-state index in [2.05, 4.69) is 6.07 Å². The van der Waals surface area contributed by atoms with Gasteiger partial charge in [-0.1, -0.05) is 17.7 Å². The standard InChI is InChI=1S/C21H21ClN2O3/c1-21(2)20(26)17(14-7-10(9-23)3-6-15(14)27-21)16-12-5-4-11(22)8-13(12)18(24)19(16)25/h3-8,16-20,25-26H,24H2,1-2H3/t16?,17-,18?,19?,20-/m0/s1. The minimum absolute atomic E-state index is 0.432. The Labute approximate surface area is 162 Å². The predicted molar refractivity (Wildman–Crippen MR) is 102 cm³/mol. The second kappa shape index (κ2) is 6.22. The summed E-state index contributed by atoms with van der Waals surface area (Å²) in [5, 5.41) is 32.0. The van der Waals surface area contributed by atoms with Crippen molar-refractivity contribution in [2.75, 3.05) is 0 Å². The van der Waals surface area contributed by atoms with Gasteiger partial charge < -0.3 is 20.7 Å². The molecule has 0 bridgehead atoms. The lowest BCUT2D eigenvalue weighted by atomic mass is 9.71. The molecule has 140 valence electrons. The van der Waals surface area contributed by atoms with Gasteiger partial charge in [0.25, 0.3) is 0 Å². The highest BCUT2D eigenvalue weighted by molar-refractivity contribution is 6.30. The number of aliphatic hydroxyl groups excluding tert-OH is 2. The molecule has 2 aromatic rings. The molecule has 3 unspecified atom stereocenters. The van der Waals surface area contributed by atoms with E-state index >= 15 is 0 Å². The molecule has 2 aromatic carbocycles. The summed E-state index contributed by atoms with van der Waals surface area (Å²) in [4.78, 5) is 0. The van der Waals surface area contributed by atoms with Gasteiger partial charge in [0, 0.05) is 22.4 Å². The molecule has 0 amide bonds. The Bertz CT molecular complexity index is 953. The molecular weight excluding hydrogens is 364 g/mol. The van der Waals surface area contributed by atoms with Crippen LogP contribution in [0.3, 0.4) is 0 Å². The van der Waals surface area contributed by atoms with Gasteiger partial charge in [-0.3, -0.25) is 0 Å². The summed E-state index contributed by atoms with van der Waals surface area (Å²) >= 11 is 6.12. The van der Waals surface area contributed by atoms with Crippen molar-refractivity contribution in [2.45, 2.75) is 49.5 Å². The van der Waals surface area contributed by atoms with E-state index in [0.717, 1.165) is 11.1 Å². The van der Waals surface area contributed by atoms with Crippen LogP contribution in [0.15, 0.2) is 36.4 Å². The Balaban J connectivity index is 1.92. The summed E-state index contributed by atoms with van der Waals surface area (Å²) in [7, 11) is 0. The van der Waals surface area contributed by atoms with Gasteiger partial charge in [0.2, 0.25) is 0 Å². The van der Waals surface area contributed by atoms with Gasteiger partial charge in [0.1, 0.15) is 17.5 Å². The molecule has 0 saturated carbocycles. The number of rotatable bonds is 1. The maximum Gasteiger partial charge on any atom is 0.130 e. The van der Waals surface area contributed by atoms with Crippen LogP contribution in [0.2, 0.25) is 5.02 Å². The first kappa shape index (κ1) is 18.3. The zero-order chi connectivity index (χ0) is 19.5. The summed E-state index contributed by atoms with van der Waals surface area (Å²) < 4.78 is 6.00. The third-order valence-corrected chi connectivity index (χ3v) is 6.05. The van der Waals surface area contributed by atoms with Crippen LogP contribution < -0.4 is 10.5 Å². The highest BCUT2D eigenvalue weighted by atomic mass is 35.5. The van der Waals surface area contributed by atoms with Crippen molar-refractivity contribution in [3.63, 3.8) is 0 Å².